The van der Waals surface area contributed by atoms with Gasteiger partial charge in [-0.05, 0) is 43.3 Å². The molecule has 140 valence electrons. The zero-order chi connectivity index (χ0) is 18.6. The Morgan fingerprint density at radius 1 is 1.12 bits per heavy atom. The molecule has 0 aliphatic carbocycles. The molecule has 0 aromatic heterocycles. The molecule has 2 aromatic carbocycles. The zero-order valence-corrected chi connectivity index (χ0v) is 15.7. The summed E-state index contributed by atoms with van der Waals surface area (Å²) < 4.78 is 39.4. The Labute approximate surface area is 154 Å². The third kappa shape index (κ3) is 5.37. The lowest BCUT2D eigenvalue weighted by atomic mass is 10.2. The van der Waals surface area contributed by atoms with E-state index in [1.165, 1.54) is 0 Å². The van der Waals surface area contributed by atoms with Crippen LogP contribution in [0.4, 0.5) is 0 Å². The highest BCUT2D eigenvalue weighted by Gasteiger charge is 2.22. The fourth-order valence-electron chi connectivity index (χ4n) is 2.86. The van der Waals surface area contributed by atoms with Gasteiger partial charge in [-0.3, -0.25) is 0 Å². The van der Waals surface area contributed by atoms with Crippen LogP contribution in [-0.4, -0.2) is 45.8 Å². The predicted octanol–water partition coefficient (Wildman–Crippen LogP) is 2.69. The quantitative estimate of drug-likeness (QED) is 0.691. The summed E-state index contributed by atoms with van der Waals surface area (Å²) in [5, 5.41) is 0. The molecule has 1 saturated heterocycles. The highest BCUT2D eigenvalue weighted by Crippen LogP contribution is 2.30. The lowest BCUT2D eigenvalue weighted by Gasteiger charge is -2.17. The van der Waals surface area contributed by atoms with E-state index >= 15 is 0 Å². The smallest absolute Gasteiger partial charge is 0.306 e. The van der Waals surface area contributed by atoms with Crippen LogP contribution < -0.4 is 13.7 Å². The molecule has 1 heterocycles. The molecule has 2 aromatic rings. The zero-order valence-electron chi connectivity index (χ0n) is 14.9. The second kappa shape index (κ2) is 7.97. The highest BCUT2D eigenvalue weighted by molar-refractivity contribution is 7.86. The molecular weight excluding hydrogens is 354 g/mol. The first kappa shape index (κ1) is 18.5. The minimum absolute atomic E-state index is 0.163. The Balaban J connectivity index is 1.65. The molecule has 0 bridgehead atoms. The molecule has 7 heteroatoms. The molecule has 26 heavy (non-hydrogen) atoms. The van der Waals surface area contributed by atoms with Crippen LogP contribution in [-0.2, 0) is 16.7 Å². The summed E-state index contributed by atoms with van der Waals surface area (Å²) in [5.41, 5.74) is 0.807. The van der Waals surface area contributed by atoms with Crippen LogP contribution in [0.15, 0.2) is 48.5 Å². The van der Waals surface area contributed by atoms with Crippen molar-refractivity contribution in [2.75, 3.05) is 26.4 Å². The van der Waals surface area contributed by atoms with Crippen LogP contribution in [0.3, 0.4) is 0 Å². The topological polar surface area (TPSA) is 65.1 Å². The minimum atomic E-state index is -3.55. The molecule has 3 rings (SSSR count). The maximum atomic E-state index is 11.3. The molecule has 0 spiro atoms. The fraction of sp³-hybridized carbons (Fsp3) is 0.368. The molecule has 0 N–H and O–H groups in total. The van der Waals surface area contributed by atoms with Crippen molar-refractivity contribution in [1.82, 2.24) is 4.90 Å². The second-order valence-electron chi connectivity index (χ2n) is 6.46. The summed E-state index contributed by atoms with van der Waals surface area (Å²) in [6.45, 7) is 2.21. The average molecular weight is 377 g/mol. The lowest BCUT2D eigenvalue weighted by molar-refractivity contribution is 0.192. The van der Waals surface area contributed by atoms with Gasteiger partial charge in [-0.2, -0.15) is 8.42 Å². The molecule has 6 nitrogen and oxygen atoms in total. The summed E-state index contributed by atoms with van der Waals surface area (Å²) in [6, 6.07) is 14.4. The number of benzene rings is 2. The number of hydrogen-bond acceptors (Lipinski definition) is 6. The van der Waals surface area contributed by atoms with E-state index in [1.807, 2.05) is 30.3 Å². The molecule has 0 amide bonds. The van der Waals surface area contributed by atoms with Gasteiger partial charge in [-0.25, -0.2) is 0 Å². The molecule has 1 aliphatic heterocycles. The van der Waals surface area contributed by atoms with E-state index in [-0.39, 0.29) is 18.5 Å². The number of hydrogen-bond donors (Lipinski definition) is 0. The van der Waals surface area contributed by atoms with Gasteiger partial charge in [0.2, 0.25) is 0 Å². The first-order valence-electron chi connectivity index (χ1n) is 8.44. The number of ether oxygens (including phenoxy) is 2. The SMILES string of the molecule is CN1CCC(Oc2ccccc2OCc2cccc(OS(C)(=O)=O)c2)C1. The Morgan fingerprint density at radius 2 is 1.88 bits per heavy atom. The monoisotopic (exact) mass is 377 g/mol. The maximum Gasteiger partial charge on any atom is 0.306 e. The summed E-state index contributed by atoms with van der Waals surface area (Å²) >= 11 is 0. The van der Waals surface area contributed by atoms with Gasteiger partial charge >= 0.3 is 10.1 Å². The van der Waals surface area contributed by atoms with Gasteiger partial charge in [0.05, 0.1) is 6.26 Å². The van der Waals surface area contributed by atoms with Gasteiger partial charge in [0.15, 0.2) is 11.5 Å². The number of likely N-dealkylation sites (N-methyl/N-ethyl adjacent to an activating group) is 1. The molecule has 0 saturated carbocycles. The van der Waals surface area contributed by atoms with E-state index in [0.29, 0.717) is 5.75 Å². The summed E-state index contributed by atoms with van der Waals surface area (Å²) in [4.78, 5) is 2.24. The predicted molar refractivity (Wildman–Crippen MR) is 99.2 cm³/mol. The van der Waals surface area contributed by atoms with Gasteiger partial charge in [0, 0.05) is 13.1 Å². The Hall–Kier alpha value is -2.25. The van der Waals surface area contributed by atoms with Crippen molar-refractivity contribution in [1.29, 1.82) is 0 Å². The van der Waals surface area contributed by atoms with E-state index < -0.39 is 10.1 Å². The van der Waals surface area contributed by atoms with Gasteiger partial charge in [-0.15, -0.1) is 0 Å². The van der Waals surface area contributed by atoms with E-state index in [2.05, 4.69) is 11.9 Å². The van der Waals surface area contributed by atoms with Crippen molar-refractivity contribution < 1.29 is 22.1 Å². The third-order valence-electron chi connectivity index (χ3n) is 4.03. The van der Waals surface area contributed by atoms with Crippen molar-refractivity contribution in [2.45, 2.75) is 19.1 Å². The summed E-state index contributed by atoms with van der Waals surface area (Å²) in [7, 11) is -1.47. The van der Waals surface area contributed by atoms with Crippen LogP contribution in [0.2, 0.25) is 0 Å². The first-order chi connectivity index (χ1) is 12.4. The minimum Gasteiger partial charge on any atom is -0.485 e. The lowest BCUT2D eigenvalue weighted by Crippen LogP contribution is -2.21. The maximum absolute atomic E-state index is 11.3. The van der Waals surface area contributed by atoms with Crippen molar-refractivity contribution >= 4 is 10.1 Å². The van der Waals surface area contributed by atoms with Gasteiger partial charge in [0.1, 0.15) is 18.5 Å². The van der Waals surface area contributed by atoms with Crippen molar-refractivity contribution in [3.8, 4) is 17.2 Å². The van der Waals surface area contributed by atoms with E-state index in [9.17, 15) is 8.42 Å². The first-order valence-corrected chi connectivity index (χ1v) is 10.3. The Morgan fingerprint density at radius 3 is 2.58 bits per heavy atom. The van der Waals surface area contributed by atoms with Crippen LogP contribution >= 0.6 is 0 Å². The van der Waals surface area contributed by atoms with Crippen LogP contribution in [0.25, 0.3) is 0 Å². The van der Waals surface area contributed by atoms with Gasteiger partial charge < -0.3 is 18.6 Å². The molecular formula is C19H23NO5S. The van der Waals surface area contributed by atoms with Gasteiger partial charge in [0.25, 0.3) is 0 Å². The fourth-order valence-corrected chi connectivity index (χ4v) is 3.31. The van der Waals surface area contributed by atoms with Crippen LogP contribution in [0.1, 0.15) is 12.0 Å². The number of nitrogens with zero attached hydrogens (tertiary/aromatic N) is 1. The molecule has 1 atom stereocenters. The number of para-hydroxylation sites is 2. The molecule has 0 radical (unpaired) electrons. The highest BCUT2D eigenvalue weighted by atomic mass is 32.2. The Kier molecular flexibility index (Phi) is 5.68. The van der Waals surface area contributed by atoms with E-state index in [4.69, 9.17) is 13.7 Å². The van der Waals surface area contributed by atoms with Crippen molar-refractivity contribution in [3.05, 3.63) is 54.1 Å². The molecule has 1 aliphatic rings. The van der Waals surface area contributed by atoms with Crippen LogP contribution in [0.5, 0.6) is 17.2 Å². The number of likely N-dealkylation sites (tertiary alicyclic amines) is 1. The average Bonchev–Trinajstić information content (AvgIpc) is 2.98. The molecule has 1 unspecified atom stereocenters. The van der Waals surface area contributed by atoms with Crippen molar-refractivity contribution in [3.63, 3.8) is 0 Å². The number of rotatable bonds is 7. The largest absolute Gasteiger partial charge is 0.485 e. The standard InChI is InChI=1S/C19H23NO5S/c1-20-11-10-17(13-20)24-19-9-4-3-8-18(19)23-14-15-6-5-7-16(12-15)25-26(2,21)22/h3-9,12,17H,10-11,13-14H2,1-2H3. The van der Waals surface area contributed by atoms with Gasteiger partial charge in [-0.1, -0.05) is 24.3 Å². The molecule has 1 fully saturated rings. The van der Waals surface area contributed by atoms with E-state index in [0.717, 1.165) is 37.1 Å². The van der Waals surface area contributed by atoms with Crippen molar-refractivity contribution in [2.24, 2.45) is 0 Å². The second-order valence-corrected chi connectivity index (χ2v) is 8.04. The Bertz CT molecular complexity index is 853. The third-order valence-corrected chi connectivity index (χ3v) is 4.53. The van der Waals surface area contributed by atoms with E-state index in [1.54, 1.807) is 18.2 Å². The summed E-state index contributed by atoms with van der Waals surface area (Å²) in [6.07, 6.45) is 2.18. The summed E-state index contributed by atoms with van der Waals surface area (Å²) in [5.74, 6) is 1.65. The normalized spacial score (nSPS) is 17.8. The van der Waals surface area contributed by atoms with Crippen LogP contribution in [0, 0.1) is 0 Å².